The van der Waals surface area contributed by atoms with Crippen molar-refractivity contribution in [1.82, 2.24) is 19.9 Å². The van der Waals surface area contributed by atoms with E-state index in [2.05, 4.69) is 20.6 Å². The standard InChI is InChI=1S/C24H20FN5O3S/c25-16-4-1-14(2-5-16)11-20(22(32)29-24-26-9-10-34-24)30-13-27-19-12-15(3-8-18(19)23(30)33)21(31)28-17-6-7-17/h1-5,8-10,12-13,17,20H,6-7,11H2,(H,28,31)(H,26,29,32). The highest BCUT2D eigenvalue weighted by molar-refractivity contribution is 7.13. The largest absolute Gasteiger partial charge is 0.349 e. The molecule has 0 spiro atoms. The summed E-state index contributed by atoms with van der Waals surface area (Å²) in [4.78, 5) is 47.3. The van der Waals surface area contributed by atoms with Crippen LogP contribution < -0.4 is 16.2 Å². The minimum Gasteiger partial charge on any atom is -0.349 e. The summed E-state index contributed by atoms with van der Waals surface area (Å²) in [5.74, 6) is -1.03. The van der Waals surface area contributed by atoms with Gasteiger partial charge in [0.15, 0.2) is 5.13 Å². The summed E-state index contributed by atoms with van der Waals surface area (Å²) in [6, 6.07) is 9.73. The topological polar surface area (TPSA) is 106 Å². The van der Waals surface area contributed by atoms with Crippen LogP contribution in [0.5, 0.6) is 0 Å². The monoisotopic (exact) mass is 477 g/mol. The molecule has 1 saturated carbocycles. The number of fused-ring (bicyclic) bond motifs is 1. The van der Waals surface area contributed by atoms with E-state index in [0.717, 1.165) is 12.8 Å². The van der Waals surface area contributed by atoms with E-state index in [4.69, 9.17) is 0 Å². The number of thiazole rings is 1. The summed E-state index contributed by atoms with van der Waals surface area (Å²) in [5.41, 5.74) is 1.05. The summed E-state index contributed by atoms with van der Waals surface area (Å²) in [6.45, 7) is 0. The number of carbonyl (C=O) groups is 2. The van der Waals surface area contributed by atoms with E-state index in [1.807, 2.05) is 0 Å². The smallest absolute Gasteiger partial charge is 0.261 e. The van der Waals surface area contributed by atoms with E-state index in [1.54, 1.807) is 41.9 Å². The zero-order chi connectivity index (χ0) is 23.7. The summed E-state index contributed by atoms with van der Waals surface area (Å²) in [6.07, 6.45) is 4.97. The molecule has 2 N–H and O–H groups in total. The molecule has 2 aromatic heterocycles. The number of benzene rings is 2. The second-order valence-corrected chi connectivity index (χ2v) is 9.00. The molecule has 4 aromatic rings. The van der Waals surface area contributed by atoms with Crippen molar-refractivity contribution in [3.8, 4) is 0 Å². The number of amides is 2. The maximum Gasteiger partial charge on any atom is 0.261 e. The fraction of sp³-hybridized carbons (Fsp3) is 0.208. The van der Waals surface area contributed by atoms with E-state index in [0.29, 0.717) is 21.8 Å². The molecule has 2 amide bonds. The Labute approximate surface area is 197 Å². The molecule has 10 heteroatoms. The lowest BCUT2D eigenvalue weighted by atomic mass is 10.0. The molecule has 0 saturated heterocycles. The molecule has 1 fully saturated rings. The fourth-order valence-corrected chi connectivity index (χ4v) is 4.16. The van der Waals surface area contributed by atoms with Crippen LogP contribution in [0.1, 0.15) is 34.8 Å². The summed E-state index contributed by atoms with van der Waals surface area (Å²) in [7, 11) is 0. The first-order valence-electron chi connectivity index (χ1n) is 10.7. The second kappa shape index (κ2) is 9.14. The van der Waals surface area contributed by atoms with Crippen molar-refractivity contribution in [3.63, 3.8) is 0 Å². The van der Waals surface area contributed by atoms with Gasteiger partial charge in [-0.2, -0.15) is 0 Å². The first-order chi connectivity index (χ1) is 16.5. The molecule has 1 aliphatic carbocycles. The van der Waals surface area contributed by atoms with Gasteiger partial charge in [-0.3, -0.25) is 19.0 Å². The molecule has 0 bridgehead atoms. The normalized spacial score (nSPS) is 14.0. The maximum absolute atomic E-state index is 13.4. The highest BCUT2D eigenvalue weighted by Gasteiger charge is 2.26. The molecule has 34 heavy (non-hydrogen) atoms. The van der Waals surface area contributed by atoms with Gasteiger partial charge in [0.1, 0.15) is 11.9 Å². The summed E-state index contributed by atoms with van der Waals surface area (Å²) >= 11 is 1.26. The van der Waals surface area contributed by atoms with Crippen molar-refractivity contribution in [2.75, 3.05) is 5.32 Å². The Balaban J connectivity index is 1.50. The van der Waals surface area contributed by atoms with Crippen LogP contribution in [0.4, 0.5) is 9.52 Å². The van der Waals surface area contributed by atoms with Crippen molar-refractivity contribution in [1.29, 1.82) is 0 Å². The Morgan fingerprint density at radius 1 is 1.15 bits per heavy atom. The summed E-state index contributed by atoms with van der Waals surface area (Å²) in [5, 5.41) is 8.06. The van der Waals surface area contributed by atoms with E-state index in [1.165, 1.54) is 34.4 Å². The van der Waals surface area contributed by atoms with E-state index < -0.39 is 23.3 Å². The van der Waals surface area contributed by atoms with Gasteiger partial charge in [-0.25, -0.2) is 14.4 Å². The molecule has 8 nitrogen and oxygen atoms in total. The number of hydrogen-bond acceptors (Lipinski definition) is 6. The van der Waals surface area contributed by atoms with Gasteiger partial charge in [-0.1, -0.05) is 12.1 Å². The van der Waals surface area contributed by atoms with Crippen LogP contribution >= 0.6 is 11.3 Å². The predicted molar refractivity (Wildman–Crippen MR) is 126 cm³/mol. The van der Waals surface area contributed by atoms with Crippen LogP contribution in [0.25, 0.3) is 10.9 Å². The average molecular weight is 478 g/mol. The van der Waals surface area contributed by atoms with Crippen LogP contribution in [0.2, 0.25) is 0 Å². The van der Waals surface area contributed by atoms with Crippen molar-refractivity contribution < 1.29 is 14.0 Å². The number of halogens is 1. The van der Waals surface area contributed by atoms with Gasteiger partial charge in [-0.15, -0.1) is 11.3 Å². The number of nitrogens with zero attached hydrogens (tertiary/aromatic N) is 3. The molecule has 0 aliphatic heterocycles. The van der Waals surface area contributed by atoms with Crippen molar-refractivity contribution in [2.45, 2.75) is 31.3 Å². The lowest BCUT2D eigenvalue weighted by Gasteiger charge is -2.19. The van der Waals surface area contributed by atoms with Gasteiger partial charge in [0, 0.05) is 29.6 Å². The Hall–Kier alpha value is -3.92. The third kappa shape index (κ3) is 4.72. The Morgan fingerprint density at radius 3 is 2.65 bits per heavy atom. The van der Waals surface area contributed by atoms with Crippen molar-refractivity contribution in [2.24, 2.45) is 0 Å². The van der Waals surface area contributed by atoms with Crippen LogP contribution in [0, 0.1) is 5.82 Å². The molecule has 2 aromatic carbocycles. The third-order valence-corrected chi connectivity index (χ3v) is 6.29. The quantitative estimate of drug-likeness (QED) is 0.425. The minimum absolute atomic E-state index is 0.145. The Morgan fingerprint density at radius 2 is 1.94 bits per heavy atom. The van der Waals surface area contributed by atoms with Gasteiger partial charge in [0.2, 0.25) is 5.91 Å². The highest BCUT2D eigenvalue weighted by Crippen LogP contribution is 2.21. The Kier molecular flexibility index (Phi) is 5.89. The molecule has 1 unspecified atom stereocenters. The zero-order valence-electron chi connectivity index (χ0n) is 17.9. The molecule has 0 radical (unpaired) electrons. The van der Waals surface area contributed by atoms with E-state index in [9.17, 15) is 18.8 Å². The van der Waals surface area contributed by atoms with E-state index >= 15 is 0 Å². The number of aromatic nitrogens is 3. The van der Waals surface area contributed by atoms with Gasteiger partial charge in [0.05, 0.1) is 17.2 Å². The first-order valence-corrected chi connectivity index (χ1v) is 11.6. The molecule has 2 heterocycles. The average Bonchev–Trinajstić information content (AvgIpc) is 3.50. The lowest BCUT2D eigenvalue weighted by molar-refractivity contribution is -0.119. The molecular formula is C24H20FN5O3S. The lowest BCUT2D eigenvalue weighted by Crippen LogP contribution is -2.35. The number of rotatable bonds is 7. The second-order valence-electron chi connectivity index (χ2n) is 8.11. The summed E-state index contributed by atoms with van der Waals surface area (Å²) < 4.78 is 14.6. The van der Waals surface area contributed by atoms with E-state index in [-0.39, 0.29) is 23.8 Å². The number of hydrogen-bond donors (Lipinski definition) is 2. The minimum atomic E-state index is -0.948. The first kappa shape index (κ1) is 21.9. The molecule has 172 valence electrons. The predicted octanol–water partition coefficient (Wildman–Crippen LogP) is 3.31. The number of carbonyl (C=O) groups excluding carboxylic acids is 2. The van der Waals surface area contributed by atoms with Crippen LogP contribution in [-0.4, -0.2) is 32.4 Å². The highest BCUT2D eigenvalue weighted by atomic mass is 32.1. The van der Waals surface area contributed by atoms with Crippen LogP contribution in [0.3, 0.4) is 0 Å². The molecule has 5 rings (SSSR count). The van der Waals surface area contributed by atoms with Crippen molar-refractivity contribution >= 4 is 39.2 Å². The zero-order valence-corrected chi connectivity index (χ0v) is 18.7. The number of anilines is 1. The van der Waals surface area contributed by atoms with Gasteiger partial charge < -0.3 is 10.6 Å². The van der Waals surface area contributed by atoms with Crippen LogP contribution in [0.15, 0.2) is 65.2 Å². The number of nitrogens with one attached hydrogen (secondary N) is 2. The maximum atomic E-state index is 13.4. The van der Waals surface area contributed by atoms with Crippen molar-refractivity contribution in [3.05, 3.63) is 87.7 Å². The molecular weight excluding hydrogens is 457 g/mol. The molecule has 1 atom stereocenters. The fourth-order valence-electron chi connectivity index (χ4n) is 3.63. The Bertz CT molecular complexity index is 1420. The third-order valence-electron chi connectivity index (χ3n) is 5.60. The van der Waals surface area contributed by atoms with Crippen LogP contribution in [-0.2, 0) is 11.2 Å². The van der Waals surface area contributed by atoms with Gasteiger partial charge >= 0.3 is 0 Å². The SMILES string of the molecule is O=C(NC1CC1)c1ccc2c(=O)n(C(Cc3ccc(F)cc3)C(=O)Nc3nccs3)cnc2c1. The molecule has 1 aliphatic rings. The van der Waals surface area contributed by atoms with Gasteiger partial charge in [-0.05, 0) is 48.7 Å². The van der Waals surface area contributed by atoms with Gasteiger partial charge in [0.25, 0.3) is 11.5 Å².